The molecule has 0 aliphatic carbocycles. The highest BCUT2D eigenvalue weighted by Gasteiger charge is 2.32. The first-order valence-electron chi connectivity index (χ1n) is 12.3. The van der Waals surface area contributed by atoms with E-state index in [9.17, 15) is 19.2 Å². The first-order valence-corrected chi connectivity index (χ1v) is 12.3. The van der Waals surface area contributed by atoms with E-state index in [2.05, 4.69) is 20.9 Å². The van der Waals surface area contributed by atoms with Gasteiger partial charge in [0.05, 0.1) is 6.61 Å². The van der Waals surface area contributed by atoms with Crippen LogP contribution in [0.5, 0.6) is 5.75 Å². The van der Waals surface area contributed by atoms with E-state index in [0.717, 1.165) is 22.0 Å². The first-order chi connectivity index (χ1) is 17.9. The molecule has 0 radical (unpaired) electrons. The normalized spacial score (nSPS) is 16.3. The second kappa shape index (κ2) is 11.6. The molecule has 2 aromatic carbocycles. The van der Waals surface area contributed by atoms with Crippen LogP contribution in [0.4, 0.5) is 0 Å². The van der Waals surface area contributed by atoms with Crippen LogP contribution in [0.25, 0.3) is 10.9 Å². The van der Waals surface area contributed by atoms with Gasteiger partial charge < -0.3 is 30.6 Å². The number of ether oxygens (including phenoxy) is 1. The lowest BCUT2D eigenvalue weighted by molar-refractivity contribution is -0.146. The fourth-order valence-corrected chi connectivity index (χ4v) is 4.40. The highest BCUT2D eigenvalue weighted by atomic mass is 16.5. The Morgan fingerprint density at radius 3 is 2.68 bits per heavy atom. The summed E-state index contributed by atoms with van der Waals surface area (Å²) in [4.78, 5) is 54.9. The van der Waals surface area contributed by atoms with Gasteiger partial charge in [0, 0.05) is 35.6 Å². The van der Waals surface area contributed by atoms with E-state index < -0.39 is 18.0 Å². The molecular formula is C27H31N5O5. The van der Waals surface area contributed by atoms with E-state index >= 15 is 0 Å². The standard InChI is InChI=1S/C27H31N5O5/c1-3-37-23-11-7-4-8-18(23)13-29-26(35)22(12-19-14-28-21-10-6-5-9-20(19)21)31-25(34)16-32-15-24(33)30-17(2)27(32)36/h4-11,14,17,22,28H,3,12-13,15-16H2,1-2H3,(H,29,35)(H,30,33)(H,31,34). The molecule has 1 aromatic heterocycles. The quantitative estimate of drug-likeness (QED) is 0.329. The molecule has 37 heavy (non-hydrogen) atoms. The molecule has 4 rings (SSSR count). The number of carbonyl (C=O) groups is 4. The highest BCUT2D eigenvalue weighted by molar-refractivity contribution is 5.97. The van der Waals surface area contributed by atoms with Gasteiger partial charge >= 0.3 is 0 Å². The number of para-hydroxylation sites is 2. The number of aromatic nitrogens is 1. The van der Waals surface area contributed by atoms with Crippen LogP contribution in [0.3, 0.4) is 0 Å². The number of carbonyl (C=O) groups excluding carboxylic acids is 4. The second-order valence-electron chi connectivity index (χ2n) is 8.93. The van der Waals surface area contributed by atoms with Gasteiger partial charge in [0.2, 0.25) is 23.6 Å². The van der Waals surface area contributed by atoms with Crippen molar-refractivity contribution in [3.63, 3.8) is 0 Å². The average Bonchev–Trinajstić information content (AvgIpc) is 3.29. The van der Waals surface area contributed by atoms with Gasteiger partial charge in [-0.2, -0.15) is 0 Å². The largest absolute Gasteiger partial charge is 0.494 e. The number of aromatic amines is 1. The zero-order valence-electron chi connectivity index (χ0n) is 20.9. The Balaban J connectivity index is 1.49. The molecule has 2 unspecified atom stereocenters. The van der Waals surface area contributed by atoms with Crippen molar-refractivity contribution in [3.8, 4) is 5.75 Å². The maximum Gasteiger partial charge on any atom is 0.245 e. The molecule has 4 N–H and O–H groups in total. The number of amides is 4. The van der Waals surface area contributed by atoms with Crippen LogP contribution in [0.2, 0.25) is 0 Å². The number of nitrogens with one attached hydrogen (secondary N) is 4. The molecule has 1 aliphatic heterocycles. The zero-order valence-corrected chi connectivity index (χ0v) is 20.9. The minimum Gasteiger partial charge on any atom is -0.494 e. The summed E-state index contributed by atoms with van der Waals surface area (Å²) in [5.74, 6) is -0.898. The molecule has 1 saturated heterocycles. The second-order valence-corrected chi connectivity index (χ2v) is 8.93. The number of H-pyrrole nitrogens is 1. The Hall–Kier alpha value is -4.34. The Labute approximate surface area is 214 Å². The van der Waals surface area contributed by atoms with Gasteiger partial charge in [-0.15, -0.1) is 0 Å². The molecule has 10 nitrogen and oxygen atoms in total. The van der Waals surface area contributed by atoms with Crippen molar-refractivity contribution in [1.29, 1.82) is 0 Å². The van der Waals surface area contributed by atoms with Crippen LogP contribution < -0.4 is 20.7 Å². The van der Waals surface area contributed by atoms with Crippen molar-refractivity contribution >= 4 is 34.5 Å². The van der Waals surface area contributed by atoms with Crippen molar-refractivity contribution in [2.24, 2.45) is 0 Å². The molecule has 0 bridgehead atoms. The van der Waals surface area contributed by atoms with E-state index in [0.29, 0.717) is 12.4 Å². The van der Waals surface area contributed by atoms with Gasteiger partial charge in [0.1, 0.15) is 30.9 Å². The van der Waals surface area contributed by atoms with Crippen molar-refractivity contribution in [3.05, 3.63) is 65.9 Å². The number of hydrogen-bond donors (Lipinski definition) is 4. The number of piperazine rings is 1. The molecule has 194 valence electrons. The molecule has 1 fully saturated rings. The Kier molecular flexibility index (Phi) is 8.07. The van der Waals surface area contributed by atoms with Crippen molar-refractivity contribution < 1.29 is 23.9 Å². The third-order valence-electron chi connectivity index (χ3n) is 6.20. The van der Waals surface area contributed by atoms with Gasteiger partial charge in [0.15, 0.2) is 0 Å². The lowest BCUT2D eigenvalue weighted by atomic mass is 10.0. The molecule has 2 heterocycles. The van der Waals surface area contributed by atoms with Crippen molar-refractivity contribution in [1.82, 2.24) is 25.8 Å². The molecule has 2 atom stereocenters. The molecule has 10 heteroatoms. The lowest BCUT2D eigenvalue weighted by Gasteiger charge is -2.30. The maximum atomic E-state index is 13.3. The zero-order chi connectivity index (χ0) is 26.4. The number of fused-ring (bicyclic) bond motifs is 1. The highest BCUT2D eigenvalue weighted by Crippen LogP contribution is 2.20. The third kappa shape index (κ3) is 6.27. The minimum absolute atomic E-state index is 0.204. The Morgan fingerprint density at radius 1 is 1.11 bits per heavy atom. The molecular weight excluding hydrogens is 474 g/mol. The van der Waals surface area contributed by atoms with Gasteiger partial charge in [-0.1, -0.05) is 36.4 Å². The number of rotatable bonds is 10. The van der Waals surface area contributed by atoms with Crippen LogP contribution in [0.1, 0.15) is 25.0 Å². The van der Waals surface area contributed by atoms with E-state index in [4.69, 9.17) is 4.74 Å². The van der Waals surface area contributed by atoms with Crippen molar-refractivity contribution in [2.75, 3.05) is 19.7 Å². The van der Waals surface area contributed by atoms with E-state index in [-0.39, 0.29) is 43.8 Å². The Morgan fingerprint density at radius 2 is 1.86 bits per heavy atom. The fraction of sp³-hybridized carbons (Fsp3) is 0.333. The van der Waals surface area contributed by atoms with Crippen LogP contribution in [0, 0.1) is 0 Å². The fourth-order valence-electron chi connectivity index (χ4n) is 4.40. The van der Waals surface area contributed by atoms with E-state index in [1.807, 2.05) is 61.7 Å². The molecule has 1 aliphatic rings. The minimum atomic E-state index is -0.905. The molecule has 4 amide bonds. The number of hydrogen-bond acceptors (Lipinski definition) is 5. The summed E-state index contributed by atoms with van der Waals surface area (Å²) in [6, 6.07) is 13.5. The van der Waals surface area contributed by atoms with Crippen molar-refractivity contribution in [2.45, 2.75) is 38.9 Å². The van der Waals surface area contributed by atoms with E-state index in [1.165, 1.54) is 4.90 Å². The van der Waals surface area contributed by atoms with Crippen LogP contribution in [-0.4, -0.2) is 65.3 Å². The maximum absolute atomic E-state index is 13.3. The first kappa shape index (κ1) is 25.7. The summed E-state index contributed by atoms with van der Waals surface area (Å²) in [6.45, 7) is 3.65. The smallest absolute Gasteiger partial charge is 0.245 e. The molecule has 3 aromatic rings. The summed E-state index contributed by atoms with van der Waals surface area (Å²) in [5.41, 5.74) is 2.61. The van der Waals surface area contributed by atoms with Gasteiger partial charge in [-0.05, 0) is 31.5 Å². The predicted molar refractivity (Wildman–Crippen MR) is 138 cm³/mol. The van der Waals surface area contributed by atoms with Gasteiger partial charge in [0.25, 0.3) is 0 Å². The van der Waals surface area contributed by atoms with Crippen LogP contribution >= 0.6 is 0 Å². The summed E-state index contributed by atoms with van der Waals surface area (Å²) in [6.07, 6.45) is 2.06. The monoisotopic (exact) mass is 505 g/mol. The molecule has 0 spiro atoms. The SMILES string of the molecule is CCOc1ccccc1CNC(=O)C(Cc1c[nH]c2ccccc12)NC(=O)CN1CC(=O)NC(C)C1=O. The lowest BCUT2D eigenvalue weighted by Crippen LogP contribution is -2.59. The summed E-state index contributed by atoms with van der Waals surface area (Å²) < 4.78 is 5.64. The van der Waals surface area contributed by atoms with Crippen LogP contribution in [0.15, 0.2) is 54.7 Å². The topological polar surface area (TPSA) is 133 Å². The summed E-state index contributed by atoms with van der Waals surface area (Å²) >= 11 is 0. The summed E-state index contributed by atoms with van der Waals surface area (Å²) in [7, 11) is 0. The Bertz CT molecular complexity index is 1300. The summed E-state index contributed by atoms with van der Waals surface area (Å²) in [5, 5.41) is 9.17. The molecule has 0 saturated carbocycles. The van der Waals surface area contributed by atoms with Gasteiger partial charge in [-0.25, -0.2) is 0 Å². The van der Waals surface area contributed by atoms with Gasteiger partial charge in [-0.3, -0.25) is 19.2 Å². The van der Waals surface area contributed by atoms with Crippen LogP contribution in [-0.2, 0) is 32.1 Å². The third-order valence-corrected chi connectivity index (χ3v) is 6.20. The van der Waals surface area contributed by atoms with E-state index in [1.54, 1.807) is 6.92 Å². The number of nitrogens with zero attached hydrogens (tertiary/aromatic N) is 1. The predicted octanol–water partition coefficient (Wildman–Crippen LogP) is 1.26. The number of benzene rings is 2. The average molecular weight is 506 g/mol.